The molecule has 3 rings (SSSR count). The van der Waals surface area contributed by atoms with E-state index >= 15 is 0 Å². The molecule has 0 saturated heterocycles. The molecule has 0 aromatic heterocycles. The van der Waals surface area contributed by atoms with Crippen LogP contribution in [0.25, 0.3) is 0 Å². The molecule has 0 radical (unpaired) electrons. The molecule has 0 aliphatic heterocycles. The van der Waals surface area contributed by atoms with E-state index in [0.717, 1.165) is 38.5 Å². The summed E-state index contributed by atoms with van der Waals surface area (Å²) >= 11 is 0. The molecule has 2 atom stereocenters. The molecule has 39 heavy (non-hydrogen) atoms. The Morgan fingerprint density at radius 3 is 1.95 bits per heavy atom. The second-order valence-electron chi connectivity index (χ2n) is 11.4. The minimum Gasteiger partial charge on any atom is -0.354 e. The van der Waals surface area contributed by atoms with E-state index in [1.54, 1.807) is 6.92 Å². The van der Waals surface area contributed by atoms with Gasteiger partial charge >= 0.3 is 0 Å². The van der Waals surface area contributed by atoms with Crippen LogP contribution in [0, 0.1) is 5.92 Å². The zero-order valence-corrected chi connectivity index (χ0v) is 24.0. The summed E-state index contributed by atoms with van der Waals surface area (Å²) in [7, 11) is 0. The number of Topliss-reactive ketones (excluding diaryl/α,β-unsaturated/α-hetero) is 1. The minimum absolute atomic E-state index is 0.198. The van der Waals surface area contributed by atoms with Crippen molar-refractivity contribution >= 4 is 11.7 Å². The number of carbonyl (C=O) groups excluding carboxylic acids is 2. The summed E-state index contributed by atoms with van der Waals surface area (Å²) in [5, 5.41) is 3.20. The van der Waals surface area contributed by atoms with Gasteiger partial charge in [-0.05, 0) is 95.0 Å². The first-order chi connectivity index (χ1) is 18.9. The highest BCUT2D eigenvalue weighted by molar-refractivity contribution is 6.12. The predicted octanol–water partition coefficient (Wildman–Crippen LogP) is 4.64. The number of nitrogens with zero attached hydrogens (tertiary/aromatic N) is 1. The van der Waals surface area contributed by atoms with Crippen molar-refractivity contribution in [3.8, 4) is 0 Å². The van der Waals surface area contributed by atoms with E-state index in [0.29, 0.717) is 44.9 Å². The van der Waals surface area contributed by atoms with Crippen molar-refractivity contribution in [3.63, 3.8) is 0 Å². The van der Waals surface area contributed by atoms with Crippen LogP contribution in [0.5, 0.6) is 0 Å². The highest BCUT2D eigenvalue weighted by Gasteiger charge is 2.47. The maximum atomic E-state index is 14.0. The first-order valence-corrected chi connectivity index (χ1v) is 15.1. The molecule has 0 heterocycles. The summed E-state index contributed by atoms with van der Waals surface area (Å²) in [6, 6.07) is 20.0. The third kappa shape index (κ3) is 9.55. The third-order valence-electron chi connectivity index (χ3n) is 8.36. The molecular weight excluding hydrogens is 484 g/mol. The van der Waals surface area contributed by atoms with Crippen LogP contribution in [0.1, 0.15) is 75.8 Å². The van der Waals surface area contributed by atoms with E-state index in [-0.39, 0.29) is 11.7 Å². The van der Waals surface area contributed by atoms with Gasteiger partial charge in [-0.2, -0.15) is 0 Å². The Bertz CT molecular complexity index is 932. The standard InChI is InChI=1S/C33H50N4O2/c1-33(31(38)30(35)22-11-23-34,32(39)36-26-29-18-9-4-10-19-29)37(24-12-20-27-14-5-2-6-15-27)25-13-21-28-16-7-3-8-17-28/h2-3,5-8,14-17,29-30H,4,9-13,18-26,34-35H2,1H3,(H,36,39)/t30-,33-/m1/s1. The van der Waals surface area contributed by atoms with Gasteiger partial charge in [-0.25, -0.2) is 0 Å². The topological polar surface area (TPSA) is 101 Å². The molecule has 1 amide bonds. The summed E-state index contributed by atoms with van der Waals surface area (Å²) in [4.78, 5) is 30.1. The van der Waals surface area contributed by atoms with Gasteiger partial charge in [0.25, 0.3) is 0 Å². The van der Waals surface area contributed by atoms with Crippen LogP contribution in [0.2, 0.25) is 0 Å². The van der Waals surface area contributed by atoms with Crippen molar-refractivity contribution in [3.05, 3.63) is 71.8 Å². The molecule has 6 nitrogen and oxygen atoms in total. The van der Waals surface area contributed by atoms with Crippen LogP contribution in [0.4, 0.5) is 0 Å². The summed E-state index contributed by atoms with van der Waals surface area (Å²) < 4.78 is 0. The number of rotatable bonds is 17. The molecule has 214 valence electrons. The van der Waals surface area contributed by atoms with Gasteiger partial charge in [-0.1, -0.05) is 79.9 Å². The molecule has 0 bridgehead atoms. The lowest BCUT2D eigenvalue weighted by Gasteiger charge is -2.40. The third-order valence-corrected chi connectivity index (χ3v) is 8.36. The number of carbonyl (C=O) groups is 2. The maximum absolute atomic E-state index is 14.0. The number of aryl methyl sites for hydroxylation is 2. The zero-order valence-electron chi connectivity index (χ0n) is 24.0. The van der Waals surface area contributed by atoms with E-state index < -0.39 is 11.6 Å². The fourth-order valence-electron chi connectivity index (χ4n) is 5.84. The Labute approximate surface area is 235 Å². The smallest absolute Gasteiger partial charge is 0.248 e. The van der Waals surface area contributed by atoms with E-state index in [9.17, 15) is 9.59 Å². The highest BCUT2D eigenvalue weighted by atomic mass is 16.2. The predicted molar refractivity (Wildman–Crippen MR) is 160 cm³/mol. The monoisotopic (exact) mass is 534 g/mol. The number of ketones is 1. The van der Waals surface area contributed by atoms with Crippen LogP contribution in [-0.4, -0.2) is 54.4 Å². The molecule has 2 aromatic rings. The molecule has 0 spiro atoms. The van der Waals surface area contributed by atoms with Gasteiger partial charge in [0, 0.05) is 6.54 Å². The van der Waals surface area contributed by atoms with Crippen molar-refractivity contribution in [1.82, 2.24) is 10.2 Å². The zero-order chi connectivity index (χ0) is 27.9. The summed E-state index contributed by atoms with van der Waals surface area (Å²) in [6.07, 6.45) is 10.6. The molecule has 0 unspecified atom stereocenters. The van der Waals surface area contributed by atoms with Crippen LogP contribution < -0.4 is 16.8 Å². The number of nitrogens with one attached hydrogen (secondary N) is 1. The minimum atomic E-state index is -1.32. The van der Waals surface area contributed by atoms with Gasteiger partial charge in [0.05, 0.1) is 6.04 Å². The first kappa shape index (κ1) is 31.0. The molecular formula is C33H50N4O2. The average molecular weight is 535 g/mol. The Morgan fingerprint density at radius 2 is 1.44 bits per heavy atom. The summed E-state index contributed by atoms with van der Waals surface area (Å²) in [5.74, 6) is 0.0785. The van der Waals surface area contributed by atoms with Gasteiger partial charge in [0.2, 0.25) is 5.91 Å². The molecule has 6 heteroatoms. The van der Waals surface area contributed by atoms with Crippen LogP contribution in [-0.2, 0) is 22.4 Å². The SMILES string of the molecule is C[C@](C(=O)NCC1CCCCC1)(C(=O)[C@H](N)CCCN)N(CCCc1ccccc1)CCCc1ccccc1. The van der Waals surface area contributed by atoms with Crippen molar-refractivity contribution in [2.75, 3.05) is 26.2 Å². The van der Waals surface area contributed by atoms with Gasteiger partial charge in [-0.15, -0.1) is 0 Å². The second kappa shape index (κ2) is 16.5. The Kier molecular flexibility index (Phi) is 13.1. The number of amides is 1. The lowest BCUT2D eigenvalue weighted by Crippen LogP contribution is -2.66. The van der Waals surface area contributed by atoms with Gasteiger partial charge < -0.3 is 16.8 Å². The molecule has 5 N–H and O–H groups in total. The lowest BCUT2D eigenvalue weighted by molar-refractivity contribution is -0.145. The molecule has 1 fully saturated rings. The second-order valence-corrected chi connectivity index (χ2v) is 11.4. The Morgan fingerprint density at radius 1 is 0.897 bits per heavy atom. The highest BCUT2D eigenvalue weighted by Crippen LogP contribution is 2.25. The van der Waals surface area contributed by atoms with Gasteiger partial charge in [-0.3, -0.25) is 14.5 Å². The summed E-state index contributed by atoms with van der Waals surface area (Å²) in [6.45, 7) is 4.20. The Hall–Kier alpha value is -2.54. The lowest BCUT2D eigenvalue weighted by atomic mass is 9.85. The van der Waals surface area contributed by atoms with Crippen LogP contribution in [0.3, 0.4) is 0 Å². The first-order valence-electron chi connectivity index (χ1n) is 15.1. The fraction of sp³-hybridized carbons (Fsp3) is 0.576. The molecule has 1 aliphatic carbocycles. The largest absolute Gasteiger partial charge is 0.354 e. The van der Waals surface area contributed by atoms with E-state index in [4.69, 9.17) is 11.5 Å². The van der Waals surface area contributed by atoms with Crippen LogP contribution in [0.15, 0.2) is 60.7 Å². The number of hydrogen-bond donors (Lipinski definition) is 3. The van der Waals surface area contributed by atoms with Crippen molar-refractivity contribution in [2.24, 2.45) is 17.4 Å². The van der Waals surface area contributed by atoms with E-state index in [1.807, 2.05) is 12.1 Å². The molecule has 2 aromatic carbocycles. The Balaban J connectivity index is 1.80. The van der Waals surface area contributed by atoms with Gasteiger partial charge in [0.15, 0.2) is 11.3 Å². The van der Waals surface area contributed by atoms with Gasteiger partial charge in [0.1, 0.15) is 0 Å². The van der Waals surface area contributed by atoms with Crippen molar-refractivity contribution < 1.29 is 9.59 Å². The van der Waals surface area contributed by atoms with Crippen molar-refractivity contribution in [2.45, 2.75) is 89.1 Å². The summed E-state index contributed by atoms with van der Waals surface area (Å²) in [5.41, 5.74) is 13.4. The normalized spacial score (nSPS) is 16.5. The van der Waals surface area contributed by atoms with E-state index in [1.165, 1.54) is 30.4 Å². The maximum Gasteiger partial charge on any atom is 0.248 e. The fourth-order valence-corrected chi connectivity index (χ4v) is 5.84. The van der Waals surface area contributed by atoms with Crippen molar-refractivity contribution in [1.29, 1.82) is 0 Å². The number of nitrogens with two attached hydrogens (primary N) is 2. The average Bonchev–Trinajstić information content (AvgIpc) is 2.98. The number of hydrogen-bond acceptors (Lipinski definition) is 5. The number of benzene rings is 2. The van der Waals surface area contributed by atoms with E-state index in [2.05, 4.69) is 58.7 Å². The quantitative estimate of drug-likeness (QED) is 0.257. The molecule has 1 saturated carbocycles. The van der Waals surface area contributed by atoms with Crippen LogP contribution >= 0.6 is 0 Å². The molecule has 1 aliphatic rings.